The number of hydrogen-bond acceptors (Lipinski definition) is 2. The maximum atomic E-state index is 3.58. The van der Waals surface area contributed by atoms with E-state index in [-0.39, 0.29) is 5.41 Å². The van der Waals surface area contributed by atoms with Crippen LogP contribution in [-0.4, -0.2) is 25.7 Å². The highest BCUT2D eigenvalue weighted by Crippen LogP contribution is 2.25. The fraction of sp³-hybridized carbons (Fsp3) is 0.625. The minimum atomic E-state index is 0.242. The highest BCUT2D eigenvalue weighted by atomic mass is 15.0. The van der Waals surface area contributed by atoms with Crippen LogP contribution < -0.4 is 10.6 Å². The second kappa shape index (κ2) is 7.55. The summed E-state index contributed by atoms with van der Waals surface area (Å²) in [5.74, 6) is 0. The molecule has 1 unspecified atom stereocenters. The van der Waals surface area contributed by atoms with E-state index in [2.05, 4.69) is 68.7 Å². The van der Waals surface area contributed by atoms with Gasteiger partial charge in [0, 0.05) is 12.6 Å². The van der Waals surface area contributed by atoms with Gasteiger partial charge in [0.1, 0.15) is 0 Å². The standard InChI is InChI=1S/C16H28N2/c1-5-17-13-14(2)18-12-11-16(3,4)15-9-7-6-8-10-15/h6-10,14,17-18H,5,11-13H2,1-4H3. The minimum Gasteiger partial charge on any atom is -0.315 e. The van der Waals surface area contributed by atoms with Crippen molar-refractivity contribution in [1.29, 1.82) is 0 Å². The quantitative estimate of drug-likeness (QED) is 0.739. The van der Waals surface area contributed by atoms with E-state index in [0.717, 1.165) is 26.1 Å². The first-order chi connectivity index (χ1) is 8.56. The van der Waals surface area contributed by atoms with Gasteiger partial charge in [0.05, 0.1) is 0 Å². The molecule has 1 aromatic carbocycles. The number of hydrogen-bond donors (Lipinski definition) is 2. The molecule has 1 atom stereocenters. The van der Waals surface area contributed by atoms with Gasteiger partial charge in [-0.1, -0.05) is 51.1 Å². The van der Waals surface area contributed by atoms with Crippen molar-refractivity contribution in [2.75, 3.05) is 19.6 Å². The summed E-state index contributed by atoms with van der Waals surface area (Å²) in [6, 6.07) is 11.3. The Morgan fingerprint density at radius 3 is 2.44 bits per heavy atom. The molecule has 0 aliphatic heterocycles. The van der Waals surface area contributed by atoms with Crippen LogP contribution in [0.25, 0.3) is 0 Å². The van der Waals surface area contributed by atoms with Crippen molar-refractivity contribution in [3.05, 3.63) is 35.9 Å². The summed E-state index contributed by atoms with van der Waals surface area (Å²) in [5.41, 5.74) is 1.66. The molecule has 0 amide bonds. The van der Waals surface area contributed by atoms with Crippen molar-refractivity contribution in [1.82, 2.24) is 10.6 Å². The van der Waals surface area contributed by atoms with Gasteiger partial charge in [-0.3, -0.25) is 0 Å². The predicted molar refractivity (Wildman–Crippen MR) is 80.1 cm³/mol. The minimum absolute atomic E-state index is 0.242. The molecule has 1 rings (SSSR count). The molecule has 0 heterocycles. The van der Waals surface area contributed by atoms with Gasteiger partial charge in [-0.15, -0.1) is 0 Å². The molecule has 1 aromatic rings. The maximum Gasteiger partial charge on any atom is 0.0164 e. The van der Waals surface area contributed by atoms with Crippen molar-refractivity contribution in [3.8, 4) is 0 Å². The van der Waals surface area contributed by atoms with Crippen LogP contribution in [-0.2, 0) is 5.41 Å². The van der Waals surface area contributed by atoms with Gasteiger partial charge >= 0.3 is 0 Å². The molecule has 18 heavy (non-hydrogen) atoms. The van der Waals surface area contributed by atoms with Crippen LogP contribution in [0.5, 0.6) is 0 Å². The Balaban J connectivity index is 2.34. The second-order valence-corrected chi connectivity index (χ2v) is 5.66. The Labute approximate surface area is 112 Å². The highest BCUT2D eigenvalue weighted by Gasteiger charge is 2.19. The van der Waals surface area contributed by atoms with Gasteiger partial charge in [0.25, 0.3) is 0 Å². The van der Waals surface area contributed by atoms with E-state index in [4.69, 9.17) is 0 Å². The molecule has 0 spiro atoms. The largest absolute Gasteiger partial charge is 0.315 e. The van der Waals surface area contributed by atoms with Crippen LogP contribution in [0.2, 0.25) is 0 Å². The van der Waals surface area contributed by atoms with E-state index in [1.807, 2.05) is 0 Å². The molecule has 0 radical (unpaired) electrons. The monoisotopic (exact) mass is 248 g/mol. The summed E-state index contributed by atoms with van der Waals surface area (Å²) in [4.78, 5) is 0. The number of rotatable bonds is 8. The first kappa shape index (κ1) is 15.2. The third-order valence-electron chi connectivity index (χ3n) is 3.50. The Morgan fingerprint density at radius 2 is 1.83 bits per heavy atom. The lowest BCUT2D eigenvalue weighted by molar-refractivity contribution is 0.426. The summed E-state index contributed by atoms with van der Waals surface area (Å²) in [5, 5.41) is 6.95. The molecule has 0 saturated heterocycles. The normalized spacial score (nSPS) is 13.6. The molecule has 0 aliphatic carbocycles. The number of benzene rings is 1. The molecule has 102 valence electrons. The Kier molecular flexibility index (Phi) is 6.37. The fourth-order valence-corrected chi connectivity index (χ4v) is 2.10. The van der Waals surface area contributed by atoms with Crippen molar-refractivity contribution in [2.45, 2.75) is 45.6 Å². The van der Waals surface area contributed by atoms with Gasteiger partial charge in [0.15, 0.2) is 0 Å². The smallest absolute Gasteiger partial charge is 0.0164 e. The summed E-state index contributed by atoms with van der Waals surface area (Å²) < 4.78 is 0. The molecule has 0 saturated carbocycles. The maximum absolute atomic E-state index is 3.58. The molecule has 0 aliphatic rings. The van der Waals surface area contributed by atoms with Gasteiger partial charge in [-0.25, -0.2) is 0 Å². The Morgan fingerprint density at radius 1 is 1.17 bits per heavy atom. The first-order valence-corrected chi connectivity index (χ1v) is 7.06. The van der Waals surface area contributed by atoms with Crippen LogP contribution >= 0.6 is 0 Å². The number of nitrogens with one attached hydrogen (secondary N) is 2. The summed E-state index contributed by atoms with van der Waals surface area (Å²) >= 11 is 0. The summed E-state index contributed by atoms with van der Waals surface area (Å²) in [6.07, 6.45) is 1.16. The van der Waals surface area contributed by atoms with Crippen LogP contribution in [0, 0.1) is 0 Å². The summed E-state index contributed by atoms with van der Waals surface area (Å²) in [7, 11) is 0. The Bertz CT molecular complexity index is 319. The van der Waals surface area contributed by atoms with Gasteiger partial charge in [0.2, 0.25) is 0 Å². The van der Waals surface area contributed by atoms with Gasteiger partial charge in [-0.2, -0.15) is 0 Å². The molecule has 0 fully saturated rings. The van der Waals surface area contributed by atoms with E-state index >= 15 is 0 Å². The second-order valence-electron chi connectivity index (χ2n) is 5.66. The van der Waals surface area contributed by atoms with Crippen LogP contribution in [0.3, 0.4) is 0 Å². The van der Waals surface area contributed by atoms with Crippen molar-refractivity contribution in [3.63, 3.8) is 0 Å². The lowest BCUT2D eigenvalue weighted by Crippen LogP contribution is -2.38. The van der Waals surface area contributed by atoms with Gasteiger partial charge < -0.3 is 10.6 Å². The lowest BCUT2D eigenvalue weighted by atomic mass is 9.81. The Hall–Kier alpha value is -0.860. The molecule has 2 N–H and O–H groups in total. The number of likely N-dealkylation sites (N-methyl/N-ethyl adjacent to an activating group) is 1. The molecular weight excluding hydrogens is 220 g/mol. The van der Waals surface area contributed by atoms with Crippen molar-refractivity contribution in [2.24, 2.45) is 0 Å². The predicted octanol–water partition coefficient (Wildman–Crippen LogP) is 2.94. The zero-order valence-electron chi connectivity index (χ0n) is 12.3. The highest BCUT2D eigenvalue weighted by molar-refractivity contribution is 5.23. The lowest BCUT2D eigenvalue weighted by Gasteiger charge is -2.26. The molecule has 2 heteroatoms. The topological polar surface area (TPSA) is 24.1 Å². The van der Waals surface area contributed by atoms with Crippen molar-refractivity contribution >= 4 is 0 Å². The van der Waals surface area contributed by atoms with Gasteiger partial charge in [-0.05, 0) is 37.4 Å². The van der Waals surface area contributed by atoms with E-state index in [1.165, 1.54) is 5.56 Å². The van der Waals surface area contributed by atoms with E-state index < -0.39 is 0 Å². The summed E-state index contributed by atoms with van der Waals surface area (Å²) in [6.45, 7) is 12.2. The van der Waals surface area contributed by atoms with Crippen LogP contribution in [0.4, 0.5) is 0 Å². The zero-order valence-corrected chi connectivity index (χ0v) is 12.3. The average molecular weight is 248 g/mol. The fourth-order valence-electron chi connectivity index (χ4n) is 2.10. The molecule has 0 bridgehead atoms. The third kappa shape index (κ3) is 5.19. The third-order valence-corrected chi connectivity index (χ3v) is 3.50. The first-order valence-electron chi connectivity index (χ1n) is 7.06. The SMILES string of the molecule is CCNCC(C)NCCC(C)(C)c1ccccc1. The van der Waals surface area contributed by atoms with E-state index in [1.54, 1.807) is 0 Å². The zero-order chi connectivity index (χ0) is 13.4. The van der Waals surface area contributed by atoms with E-state index in [9.17, 15) is 0 Å². The average Bonchev–Trinajstić information content (AvgIpc) is 2.37. The van der Waals surface area contributed by atoms with Crippen LogP contribution in [0.15, 0.2) is 30.3 Å². The van der Waals surface area contributed by atoms with E-state index in [0.29, 0.717) is 6.04 Å². The molecule has 0 aromatic heterocycles. The molecule has 2 nitrogen and oxygen atoms in total. The van der Waals surface area contributed by atoms with Crippen LogP contribution in [0.1, 0.15) is 39.7 Å². The van der Waals surface area contributed by atoms with Crippen molar-refractivity contribution < 1.29 is 0 Å². The molecular formula is C16H28N2.